The molecule has 0 aliphatic carbocycles. The summed E-state index contributed by atoms with van der Waals surface area (Å²) in [5.41, 5.74) is 3.18. The van der Waals surface area contributed by atoms with Crippen LogP contribution in [0.3, 0.4) is 0 Å². The molecular weight excluding hydrogens is 200 g/mol. The Kier molecular flexibility index (Phi) is 3.06. The number of fused-ring (bicyclic) bond motifs is 1. The van der Waals surface area contributed by atoms with Crippen molar-refractivity contribution in [3.63, 3.8) is 0 Å². The molecule has 0 fully saturated rings. The topological polar surface area (TPSA) is 53.6 Å². The number of nitrogens with zero attached hydrogens (tertiary/aromatic N) is 3. The molecular formula is C12H14N4. The number of aryl methyl sites for hydroxylation is 1. The summed E-state index contributed by atoms with van der Waals surface area (Å²) in [5.74, 6) is 0. The average molecular weight is 214 g/mol. The molecule has 0 bridgehead atoms. The van der Waals surface area contributed by atoms with Crippen molar-refractivity contribution in [2.45, 2.75) is 12.8 Å². The Balaban J connectivity index is 2.06. The first kappa shape index (κ1) is 10.5. The molecule has 4 heteroatoms. The lowest BCUT2D eigenvalue weighted by atomic mass is 10.2. The van der Waals surface area contributed by atoms with Crippen molar-refractivity contribution in [3.05, 3.63) is 24.5 Å². The number of nitriles is 1. The molecule has 0 spiro atoms. The fourth-order valence-electron chi connectivity index (χ4n) is 1.65. The predicted molar refractivity (Wildman–Crippen MR) is 64.1 cm³/mol. The molecule has 2 aromatic rings. The van der Waals surface area contributed by atoms with Gasteiger partial charge >= 0.3 is 0 Å². The molecule has 0 atom stereocenters. The summed E-state index contributed by atoms with van der Waals surface area (Å²) in [6.45, 7) is 0.825. The maximum atomic E-state index is 8.42. The number of anilines is 1. The van der Waals surface area contributed by atoms with Gasteiger partial charge in [-0.1, -0.05) is 0 Å². The Labute approximate surface area is 94.5 Å². The smallest absolute Gasteiger partial charge is 0.0955 e. The SMILES string of the molecule is Cn1cnc2cc(NCCCC#N)ccc21. The molecule has 0 aliphatic rings. The molecule has 1 heterocycles. The quantitative estimate of drug-likeness (QED) is 0.794. The largest absolute Gasteiger partial charge is 0.385 e. The normalized spacial score (nSPS) is 10.2. The second-order valence-corrected chi connectivity index (χ2v) is 3.75. The van der Waals surface area contributed by atoms with E-state index in [1.165, 1.54) is 0 Å². The summed E-state index contributed by atoms with van der Waals surface area (Å²) in [5, 5.41) is 11.7. The van der Waals surface area contributed by atoms with E-state index < -0.39 is 0 Å². The van der Waals surface area contributed by atoms with Crippen LogP contribution in [0, 0.1) is 11.3 Å². The number of benzene rings is 1. The molecule has 16 heavy (non-hydrogen) atoms. The monoisotopic (exact) mass is 214 g/mol. The van der Waals surface area contributed by atoms with Gasteiger partial charge in [0.1, 0.15) is 0 Å². The van der Waals surface area contributed by atoms with Gasteiger partial charge in [-0.25, -0.2) is 4.98 Å². The lowest BCUT2D eigenvalue weighted by Gasteiger charge is -2.04. The van der Waals surface area contributed by atoms with Crippen molar-refractivity contribution in [3.8, 4) is 6.07 Å². The number of nitrogens with one attached hydrogen (secondary N) is 1. The van der Waals surface area contributed by atoms with Gasteiger partial charge in [0, 0.05) is 25.7 Å². The van der Waals surface area contributed by atoms with E-state index in [4.69, 9.17) is 5.26 Å². The zero-order valence-electron chi connectivity index (χ0n) is 9.27. The van der Waals surface area contributed by atoms with E-state index in [-0.39, 0.29) is 0 Å². The van der Waals surface area contributed by atoms with E-state index in [2.05, 4.69) is 22.4 Å². The van der Waals surface area contributed by atoms with Crippen LogP contribution in [0.4, 0.5) is 5.69 Å². The van der Waals surface area contributed by atoms with Crippen LogP contribution < -0.4 is 5.32 Å². The van der Waals surface area contributed by atoms with Crippen LogP contribution in [-0.4, -0.2) is 16.1 Å². The van der Waals surface area contributed by atoms with Gasteiger partial charge in [0.25, 0.3) is 0 Å². The number of hydrogen-bond donors (Lipinski definition) is 1. The maximum absolute atomic E-state index is 8.42. The number of hydrogen-bond acceptors (Lipinski definition) is 3. The predicted octanol–water partition coefficient (Wildman–Crippen LogP) is 2.29. The van der Waals surface area contributed by atoms with E-state index in [1.54, 1.807) is 0 Å². The van der Waals surface area contributed by atoms with Gasteiger partial charge < -0.3 is 9.88 Å². The summed E-state index contributed by atoms with van der Waals surface area (Å²) in [7, 11) is 1.98. The van der Waals surface area contributed by atoms with Crippen molar-refractivity contribution in [1.82, 2.24) is 9.55 Å². The third-order valence-corrected chi connectivity index (χ3v) is 2.52. The fourth-order valence-corrected chi connectivity index (χ4v) is 1.65. The highest BCUT2D eigenvalue weighted by Gasteiger charge is 2.00. The van der Waals surface area contributed by atoms with Crippen LogP contribution in [0.2, 0.25) is 0 Å². The highest BCUT2D eigenvalue weighted by molar-refractivity contribution is 5.79. The number of rotatable bonds is 4. The van der Waals surface area contributed by atoms with Crippen molar-refractivity contribution in [2.75, 3.05) is 11.9 Å². The lowest BCUT2D eigenvalue weighted by Crippen LogP contribution is -2.00. The van der Waals surface area contributed by atoms with Crippen LogP contribution in [0.5, 0.6) is 0 Å². The first-order valence-corrected chi connectivity index (χ1v) is 5.33. The van der Waals surface area contributed by atoms with Crippen molar-refractivity contribution >= 4 is 16.7 Å². The number of aromatic nitrogens is 2. The minimum absolute atomic E-state index is 0.596. The Hall–Kier alpha value is -2.02. The molecule has 2 rings (SSSR count). The summed E-state index contributed by atoms with van der Waals surface area (Å²) < 4.78 is 1.99. The molecule has 1 N–H and O–H groups in total. The maximum Gasteiger partial charge on any atom is 0.0955 e. The summed E-state index contributed by atoms with van der Waals surface area (Å²) in [6.07, 6.45) is 3.28. The minimum Gasteiger partial charge on any atom is -0.385 e. The van der Waals surface area contributed by atoms with Crippen molar-refractivity contribution in [1.29, 1.82) is 5.26 Å². The molecule has 0 radical (unpaired) electrons. The van der Waals surface area contributed by atoms with Crippen LogP contribution in [0.15, 0.2) is 24.5 Å². The molecule has 0 saturated carbocycles. The summed E-state index contributed by atoms with van der Waals surface area (Å²) >= 11 is 0. The van der Waals surface area contributed by atoms with Crippen molar-refractivity contribution in [2.24, 2.45) is 7.05 Å². The average Bonchev–Trinajstić information content (AvgIpc) is 2.66. The highest BCUT2D eigenvalue weighted by atomic mass is 15.0. The molecule has 1 aromatic heterocycles. The van der Waals surface area contributed by atoms with E-state index in [0.717, 1.165) is 29.7 Å². The zero-order chi connectivity index (χ0) is 11.4. The van der Waals surface area contributed by atoms with E-state index in [9.17, 15) is 0 Å². The van der Waals surface area contributed by atoms with E-state index in [0.29, 0.717) is 6.42 Å². The molecule has 0 amide bonds. The van der Waals surface area contributed by atoms with Gasteiger partial charge in [0.15, 0.2) is 0 Å². The van der Waals surface area contributed by atoms with Gasteiger partial charge in [0.05, 0.1) is 23.4 Å². The Bertz CT molecular complexity index is 521. The summed E-state index contributed by atoms with van der Waals surface area (Å²) in [6, 6.07) is 8.25. The first-order valence-electron chi connectivity index (χ1n) is 5.33. The van der Waals surface area contributed by atoms with Crippen molar-refractivity contribution < 1.29 is 0 Å². The second-order valence-electron chi connectivity index (χ2n) is 3.75. The Morgan fingerprint density at radius 3 is 3.19 bits per heavy atom. The van der Waals surface area contributed by atoms with Gasteiger partial charge in [-0.3, -0.25) is 0 Å². The highest BCUT2D eigenvalue weighted by Crippen LogP contribution is 2.17. The molecule has 0 aliphatic heterocycles. The standard InChI is InChI=1S/C12H14N4/c1-16-9-15-11-8-10(4-5-12(11)16)14-7-3-2-6-13/h4-5,8-9,14H,2-3,7H2,1H3. The van der Waals surface area contributed by atoms with Gasteiger partial charge in [0.2, 0.25) is 0 Å². The van der Waals surface area contributed by atoms with E-state index in [1.807, 2.05) is 30.1 Å². The molecule has 82 valence electrons. The zero-order valence-corrected chi connectivity index (χ0v) is 9.27. The Morgan fingerprint density at radius 2 is 2.38 bits per heavy atom. The first-order chi connectivity index (χ1) is 7.81. The third-order valence-electron chi connectivity index (χ3n) is 2.52. The third kappa shape index (κ3) is 2.14. The molecule has 1 aromatic carbocycles. The number of unbranched alkanes of at least 4 members (excludes halogenated alkanes) is 1. The van der Waals surface area contributed by atoms with Gasteiger partial charge in [-0.2, -0.15) is 5.26 Å². The van der Waals surface area contributed by atoms with Crippen LogP contribution in [0.25, 0.3) is 11.0 Å². The lowest BCUT2D eigenvalue weighted by molar-refractivity contribution is 0.898. The van der Waals surface area contributed by atoms with E-state index >= 15 is 0 Å². The van der Waals surface area contributed by atoms with Gasteiger partial charge in [-0.15, -0.1) is 0 Å². The summed E-state index contributed by atoms with van der Waals surface area (Å²) in [4.78, 5) is 4.29. The molecule has 0 saturated heterocycles. The second kappa shape index (κ2) is 4.67. The van der Waals surface area contributed by atoms with Crippen LogP contribution in [-0.2, 0) is 7.05 Å². The molecule has 0 unspecified atom stereocenters. The fraction of sp³-hybridized carbons (Fsp3) is 0.333. The minimum atomic E-state index is 0.596. The molecule has 4 nitrogen and oxygen atoms in total. The Morgan fingerprint density at radius 1 is 1.50 bits per heavy atom. The van der Waals surface area contributed by atoms with Crippen LogP contribution >= 0.6 is 0 Å². The number of imidazole rings is 1. The van der Waals surface area contributed by atoms with Gasteiger partial charge in [-0.05, 0) is 24.6 Å². The van der Waals surface area contributed by atoms with Crippen LogP contribution in [0.1, 0.15) is 12.8 Å².